The highest BCUT2D eigenvalue weighted by atomic mass is 127. The average molecular weight is 534 g/mol. The Morgan fingerprint density at radius 3 is 2.74 bits per heavy atom. The molecular formula is C23H27IN4O3. The first-order valence-electron chi connectivity index (χ1n) is 10.2. The second kappa shape index (κ2) is 12.2. The van der Waals surface area contributed by atoms with Gasteiger partial charge in [-0.1, -0.05) is 6.07 Å². The third kappa shape index (κ3) is 7.16. The minimum Gasteiger partial charge on any atom is -0.490 e. The zero-order valence-electron chi connectivity index (χ0n) is 17.3. The van der Waals surface area contributed by atoms with Crippen molar-refractivity contribution in [2.75, 3.05) is 31.6 Å². The predicted molar refractivity (Wildman–Crippen MR) is 132 cm³/mol. The number of anilines is 1. The number of pyridine rings is 1. The number of nitrogens with zero attached hydrogens (tertiary/aromatic N) is 2. The van der Waals surface area contributed by atoms with E-state index in [-0.39, 0.29) is 24.0 Å². The number of aromatic nitrogens is 1. The van der Waals surface area contributed by atoms with Crippen molar-refractivity contribution in [3.8, 4) is 11.5 Å². The quantitative estimate of drug-likeness (QED) is 0.268. The number of halogens is 1. The normalized spacial score (nSPS) is 13.1. The van der Waals surface area contributed by atoms with E-state index in [1.165, 1.54) is 5.56 Å². The summed E-state index contributed by atoms with van der Waals surface area (Å²) in [6, 6.07) is 13.7. The van der Waals surface area contributed by atoms with E-state index in [1.54, 1.807) is 12.5 Å². The first-order valence-corrected chi connectivity index (χ1v) is 10.2. The topological polar surface area (TPSA) is 80.9 Å². The molecule has 4 rings (SSSR count). The largest absolute Gasteiger partial charge is 0.490 e. The molecule has 0 fully saturated rings. The van der Waals surface area contributed by atoms with Crippen molar-refractivity contribution >= 4 is 35.6 Å². The molecule has 1 aliphatic heterocycles. The fourth-order valence-electron chi connectivity index (χ4n) is 3.12. The summed E-state index contributed by atoms with van der Waals surface area (Å²) in [6.45, 7) is 2.68. The van der Waals surface area contributed by atoms with Crippen LogP contribution < -0.4 is 20.1 Å². The Hall–Kier alpha value is -2.75. The summed E-state index contributed by atoms with van der Waals surface area (Å²) in [7, 11) is 0. The number of furan rings is 1. The van der Waals surface area contributed by atoms with E-state index < -0.39 is 0 Å². The Kier molecular flexibility index (Phi) is 9.01. The molecule has 0 aliphatic carbocycles. The number of ether oxygens (including phenoxy) is 2. The van der Waals surface area contributed by atoms with Gasteiger partial charge in [-0.2, -0.15) is 0 Å². The molecule has 8 heteroatoms. The van der Waals surface area contributed by atoms with Gasteiger partial charge in [-0.3, -0.25) is 9.98 Å². The van der Waals surface area contributed by atoms with Crippen LogP contribution in [0, 0.1) is 0 Å². The molecular weight excluding hydrogens is 507 g/mol. The van der Waals surface area contributed by atoms with E-state index in [9.17, 15) is 0 Å². The molecule has 164 valence electrons. The van der Waals surface area contributed by atoms with Gasteiger partial charge in [-0.25, -0.2) is 0 Å². The summed E-state index contributed by atoms with van der Waals surface area (Å²) in [5, 5.41) is 6.77. The van der Waals surface area contributed by atoms with Crippen LogP contribution in [0.15, 0.2) is 70.5 Å². The molecule has 1 aromatic carbocycles. The predicted octanol–water partition coefficient (Wildman–Crippen LogP) is 4.30. The van der Waals surface area contributed by atoms with Gasteiger partial charge in [-0.05, 0) is 42.3 Å². The van der Waals surface area contributed by atoms with Crippen LogP contribution in [0.4, 0.5) is 5.69 Å². The number of fused-ring (bicyclic) bond motifs is 1. The van der Waals surface area contributed by atoms with Crippen LogP contribution >= 0.6 is 24.0 Å². The van der Waals surface area contributed by atoms with Crippen molar-refractivity contribution in [1.82, 2.24) is 10.3 Å². The van der Waals surface area contributed by atoms with Gasteiger partial charge in [0.1, 0.15) is 5.76 Å². The van der Waals surface area contributed by atoms with Gasteiger partial charge in [-0.15, -0.1) is 24.0 Å². The molecule has 0 spiro atoms. The molecule has 0 saturated heterocycles. The lowest BCUT2D eigenvalue weighted by Crippen LogP contribution is -2.32. The van der Waals surface area contributed by atoms with E-state index >= 15 is 0 Å². The van der Waals surface area contributed by atoms with Crippen LogP contribution in [0.2, 0.25) is 0 Å². The highest BCUT2D eigenvalue weighted by Gasteiger charge is 2.11. The van der Waals surface area contributed by atoms with Gasteiger partial charge >= 0.3 is 0 Å². The summed E-state index contributed by atoms with van der Waals surface area (Å²) < 4.78 is 16.9. The van der Waals surface area contributed by atoms with Gasteiger partial charge < -0.3 is 24.5 Å². The lowest BCUT2D eigenvalue weighted by molar-refractivity contribution is 0.297. The Labute approximate surface area is 199 Å². The fourth-order valence-corrected chi connectivity index (χ4v) is 3.12. The van der Waals surface area contributed by atoms with Crippen molar-refractivity contribution in [2.24, 2.45) is 4.99 Å². The Bertz CT molecular complexity index is 949. The van der Waals surface area contributed by atoms with Gasteiger partial charge in [0, 0.05) is 50.1 Å². The van der Waals surface area contributed by atoms with Crippen molar-refractivity contribution in [3.05, 3.63) is 72.4 Å². The average Bonchev–Trinajstić information content (AvgIpc) is 3.18. The summed E-state index contributed by atoms with van der Waals surface area (Å²) in [5.74, 6) is 3.16. The summed E-state index contributed by atoms with van der Waals surface area (Å²) in [6.07, 6.45) is 7.82. The molecule has 0 amide bonds. The molecule has 0 unspecified atom stereocenters. The SMILES string of the molecule is I.c1cncc(CCNC(=NCCc2ccco2)Nc2ccc3c(c2)OCCCO3)c1. The zero-order chi connectivity index (χ0) is 20.4. The monoisotopic (exact) mass is 534 g/mol. The summed E-state index contributed by atoms with van der Waals surface area (Å²) in [4.78, 5) is 8.87. The van der Waals surface area contributed by atoms with Gasteiger partial charge in [0.25, 0.3) is 0 Å². The number of nitrogens with one attached hydrogen (secondary N) is 2. The molecule has 3 heterocycles. The van der Waals surface area contributed by atoms with Gasteiger partial charge in [0.05, 0.1) is 19.5 Å². The van der Waals surface area contributed by atoms with Crippen LogP contribution in [0.1, 0.15) is 17.7 Å². The smallest absolute Gasteiger partial charge is 0.195 e. The fraction of sp³-hybridized carbons (Fsp3) is 0.304. The third-order valence-corrected chi connectivity index (χ3v) is 4.65. The highest BCUT2D eigenvalue weighted by molar-refractivity contribution is 14.0. The lowest BCUT2D eigenvalue weighted by Gasteiger charge is -2.14. The maximum atomic E-state index is 5.80. The molecule has 2 N–H and O–H groups in total. The molecule has 0 bridgehead atoms. The molecule has 3 aromatic rings. The number of hydrogen-bond acceptors (Lipinski definition) is 5. The standard InChI is InChI=1S/C23H26N4O3.HI/c1-4-18(17-24-10-1)8-11-25-23(26-12-9-20-5-2-13-28-20)27-19-6-7-21-22(16-19)30-15-3-14-29-21;/h1-2,4-7,10,13,16-17H,3,8-9,11-12,14-15H2,(H2,25,26,27);1H. The molecule has 0 saturated carbocycles. The molecule has 0 radical (unpaired) electrons. The number of hydrogen-bond donors (Lipinski definition) is 2. The highest BCUT2D eigenvalue weighted by Crippen LogP contribution is 2.32. The van der Waals surface area contributed by atoms with Crippen molar-refractivity contribution in [2.45, 2.75) is 19.3 Å². The van der Waals surface area contributed by atoms with E-state index in [2.05, 4.69) is 21.7 Å². The van der Waals surface area contributed by atoms with Crippen LogP contribution in [-0.4, -0.2) is 37.2 Å². The first kappa shape index (κ1) is 22.9. The van der Waals surface area contributed by atoms with E-state index in [0.717, 1.165) is 48.8 Å². The van der Waals surface area contributed by atoms with Crippen LogP contribution in [0.25, 0.3) is 0 Å². The number of aliphatic imine (C=N–C) groups is 1. The lowest BCUT2D eigenvalue weighted by atomic mass is 10.2. The van der Waals surface area contributed by atoms with Crippen molar-refractivity contribution in [1.29, 1.82) is 0 Å². The summed E-state index contributed by atoms with van der Waals surface area (Å²) in [5.41, 5.74) is 2.07. The van der Waals surface area contributed by atoms with E-state index in [0.29, 0.717) is 25.7 Å². The van der Waals surface area contributed by atoms with Crippen molar-refractivity contribution in [3.63, 3.8) is 0 Å². The maximum absolute atomic E-state index is 5.80. The van der Waals surface area contributed by atoms with Crippen LogP contribution in [0.5, 0.6) is 11.5 Å². The molecule has 1 aliphatic rings. The number of benzene rings is 1. The Morgan fingerprint density at radius 2 is 1.94 bits per heavy atom. The van der Waals surface area contributed by atoms with Crippen LogP contribution in [-0.2, 0) is 12.8 Å². The minimum absolute atomic E-state index is 0. The van der Waals surface area contributed by atoms with Gasteiger partial charge in [0.15, 0.2) is 17.5 Å². The Balaban J connectivity index is 0.00000272. The first-order chi connectivity index (χ1) is 14.9. The summed E-state index contributed by atoms with van der Waals surface area (Å²) >= 11 is 0. The zero-order valence-corrected chi connectivity index (χ0v) is 19.6. The molecule has 0 atom stereocenters. The van der Waals surface area contributed by atoms with Crippen LogP contribution in [0.3, 0.4) is 0 Å². The maximum Gasteiger partial charge on any atom is 0.195 e. The number of rotatable bonds is 7. The second-order valence-corrected chi connectivity index (χ2v) is 6.93. The van der Waals surface area contributed by atoms with Crippen molar-refractivity contribution < 1.29 is 13.9 Å². The van der Waals surface area contributed by atoms with E-state index in [1.807, 2.05) is 42.6 Å². The minimum atomic E-state index is 0. The molecule has 31 heavy (non-hydrogen) atoms. The number of guanidine groups is 1. The molecule has 7 nitrogen and oxygen atoms in total. The van der Waals surface area contributed by atoms with Gasteiger partial charge in [0.2, 0.25) is 0 Å². The second-order valence-electron chi connectivity index (χ2n) is 6.93. The molecule has 2 aromatic heterocycles. The third-order valence-electron chi connectivity index (χ3n) is 4.65. The Morgan fingerprint density at radius 1 is 1.03 bits per heavy atom. The van der Waals surface area contributed by atoms with E-state index in [4.69, 9.17) is 18.9 Å².